The Morgan fingerprint density at radius 2 is 1.90 bits per heavy atom. The zero-order chi connectivity index (χ0) is 14.7. The highest BCUT2D eigenvalue weighted by Gasteiger charge is 2.07. The molecule has 0 aromatic heterocycles. The molecule has 2 aromatic rings. The molecule has 0 aliphatic rings. The lowest BCUT2D eigenvalue weighted by atomic mass is 10.2. The zero-order valence-corrected chi connectivity index (χ0v) is 12.1. The quantitative estimate of drug-likeness (QED) is 0.726. The number of nitrogens with one attached hydrogen (secondary N) is 2. The number of benzene rings is 2. The maximum atomic E-state index is 11.9. The van der Waals surface area contributed by atoms with Gasteiger partial charge in [0.15, 0.2) is 0 Å². The first-order chi connectivity index (χ1) is 9.45. The lowest BCUT2D eigenvalue weighted by Crippen LogP contribution is -2.20. The minimum absolute atomic E-state index is 0.320. The average Bonchev–Trinajstić information content (AvgIpc) is 2.36. The van der Waals surface area contributed by atoms with Crippen LogP contribution in [0.1, 0.15) is 11.1 Å². The molecule has 0 fully saturated rings. The molecule has 0 saturated carbocycles. The first-order valence-corrected chi connectivity index (χ1v) is 6.54. The number of rotatable bonds is 2. The van der Waals surface area contributed by atoms with E-state index in [1.165, 1.54) is 0 Å². The second kappa shape index (κ2) is 5.84. The van der Waals surface area contributed by atoms with Gasteiger partial charge in [-0.15, -0.1) is 0 Å². The lowest BCUT2D eigenvalue weighted by molar-refractivity contribution is 0.262. The topological polar surface area (TPSA) is 67.2 Å². The maximum absolute atomic E-state index is 11.9. The molecule has 2 rings (SSSR count). The van der Waals surface area contributed by atoms with Crippen LogP contribution in [-0.2, 0) is 0 Å². The molecule has 0 bridgehead atoms. The number of urea groups is 1. The molecular weight excluding hydrogens is 274 g/mol. The van der Waals surface area contributed by atoms with E-state index in [0.29, 0.717) is 16.4 Å². The van der Waals surface area contributed by atoms with Crippen molar-refractivity contribution in [1.82, 2.24) is 0 Å². The van der Waals surface area contributed by atoms with E-state index in [0.717, 1.165) is 16.8 Å². The second-order valence-corrected chi connectivity index (χ2v) is 5.04. The molecule has 0 heterocycles. The van der Waals surface area contributed by atoms with Crippen molar-refractivity contribution in [3.05, 3.63) is 52.5 Å². The number of anilines is 3. The third-order valence-corrected chi connectivity index (χ3v) is 3.20. The van der Waals surface area contributed by atoms with Crippen LogP contribution >= 0.6 is 11.6 Å². The van der Waals surface area contributed by atoms with Gasteiger partial charge >= 0.3 is 6.03 Å². The number of carbonyl (C=O) groups is 1. The molecule has 0 saturated heterocycles. The molecule has 0 unspecified atom stereocenters. The standard InChI is InChI=1S/C15H16ClN3O/c1-9-4-3-5-11(6-9)18-15(20)19-14-8-12(16)13(17)7-10(14)2/h3-8H,17H2,1-2H3,(H2,18,19,20). The summed E-state index contributed by atoms with van der Waals surface area (Å²) in [5, 5.41) is 5.94. The van der Waals surface area contributed by atoms with Crippen LogP contribution < -0.4 is 16.4 Å². The minimum Gasteiger partial charge on any atom is -0.398 e. The molecule has 4 N–H and O–H groups in total. The van der Waals surface area contributed by atoms with Crippen LogP contribution in [0.2, 0.25) is 5.02 Å². The Morgan fingerprint density at radius 1 is 1.15 bits per heavy atom. The number of carbonyl (C=O) groups excluding carboxylic acids is 1. The second-order valence-electron chi connectivity index (χ2n) is 4.64. The Hall–Kier alpha value is -2.20. The fourth-order valence-electron chi connectivity index (χ4n) is 1.85. The van der Waals surface area contributed by atoms with Crippen LogP contribution in [0.4, 0.5) is 21.9 Å². The van der Waals surface area contributed by atoms with E-state index in [1.807, 2.05) is 38.1 Å². The molecule has 5 heteroatoms. The summed E-state index contributed by atoms with van der Waals surface area (Å²) in [6.07, 6.45) is 0. The van der Waals surface area contributed by atoms with Crippen LogP contribution in [0.5, 0.6) is 0 Å². The van der Waals surface area contributed by atoms with Gasteiger partial charge in [-0.05, 0) is 49.2 Å². The Kier molecular flexibility index (Phi) is 4.15. The van der Waals surface area contributed by atoms with E-state index in [1.54, 1.807) is 12.1 Å². The van der Waals surface area contributed by atoms with Crippen LogP contribution in [0.25, 0.3) is 0 Å². The minimum atomic E-state index is -0.320. The molecular formula is C15H16ClN3O. The molecule has 4 nitrogen and oxygen atoms in total. The Balaban J connectivity index is 2.10. The molecule has 0 spiro atoms. The number of nitrogens with two attached hydrogens (primary N) is 1. The van der Waals surface area contributed by atoms with Crippen molar-refractivity contribution in [2.45, 2.75) is 13.8 Å². The third-order valence-electron chi connectivity index (χ3n) is 2.87. The van der Waals surface area contributed by atoms with Gasteiger partial charge in [0.1, 0.15) is 0 Å². The summed E-state index contributed by atoms with van der Waals surface area (Å²) >= 11 is 5.95. The average molecular weight is 290 g/mol. The van der Waals surface area contributed by atoms with Gasteiger partial charge in [0.05, 0.1) is 10.7 Å². The lowest BCUT2D eigenvalue weighted by Gasteiger charge is -2.11. The summed E-state index contributed by atoms with van der Waals surface area (Å²) in [6.45, 7) is 3.82. The van der Waals surface area contributed by atoms with Crippen molar-refractivity contribution < 1.29 is 4.79 Å². The van der Waals surface area contributed by atoms with Gasteiger partial charge in [-0.1, -0.05) is 23.7 Å². The van der Waals surface area contributed by atoms with Gasteiger partial charge in [-0.25, -0.2) is 4.79 Å². The zero-order valence-electron chi connectivity index (χ0n) is 11.3. The molecule has 2 amide bonds. The van der Waals surface area contributed by atoms with E-state index in [-0.39, 0.29) is 6.03 Å². The van der Waals surface area contributed by atoms with Gasteiger partial charge < -0.3 is 16.4 Å². The van der Waals surface area contributed by atoms with Gasteiger partial charge in [0.2, 0.25) is 0 Å². The van der Waals surface area contributed by atoms with Gasteiger partial charge in [-0.3, -0.25) is 0 Å². The van der Waals surface area contributed by atoms with Crippen molar-refractivity contribution in [2.75, 3.05) is 16.4 Å². The molecule has 0 aliphatic heterocycles. The molecule has 2 aromatic carbocycles. The number of hydrogen-bond donors (Lipinski definition) is 3. The van der Waals surface area contributed by atoms with E-state index in [9.17, 15) is 4.79 Å². The SMILES string of the molecule is Cc1cccc(NC(=O)Nc2cc(Cl)c(N)cc2C)c1. The van der Waals surface area contributed by atoms with E-state index in [2.05, 4.69) is 10.6 Å². The van der Waals surface area contributed by atoms with Gasteiger partial charge in [0.25, 0.3) is 0 Å². The monoisotopic (exact) mass is 289 g/mol. The van der Waals surface area contributed by atoms with Crippen LogP contribution in [0.3, 0.4) is 0 Å². The highest BCUT2D eigenvalue weighted by molar-refractivity contribution is 6.33. The fraction of sp³-hybridized carbons (Fsp3) is 0.133. The number of halogens is 1. The largest absolute Gasteiger partial charge is 0.398 e. The Morgan fingerprint density at radius 3 is 2.60 bits per heavy atom. The van der Waals surface area contributed by atoms with Gasteiger partial charge in [-0.2, -0.15) is 0 Å². The highest BCUT2D eigenvalue weighted by atomic mass is 35.5. The maximum Gasteiger partial charge on any atom is 0.323 e. The van der Waals surface area contributed by atoms with Gasteiger partial charge in [0, 0.05) is 11.4 Å². The molecule has 0 radical (unpaired) electrons. The third kappa shape index (κ3) is 3.42. The smallest absolute Gasteiger partial charge is 0.323 e. The van der Waals surface area contributed by atoms with Crippen LogP contribution in [0, 0.1) is 13.8 Å². The van der Waals surface area contributed by atoms with Crippen molar-refractivity contribution in [3.8, 4) is 0 Å². The van der Waals surface area contributed by atoms with Crippen molar-refractivity contribution >= 4 is 34.7 Å². The summed E-state index contributed by atoms with van der Waals surface area (Å²) < 4.78 is 0. The summed E-state index contributed by atoms with van der Waals surface area (Å²) in [4.78, 5) is 11.9. The Labute approximate surface area is 122 Å². The number of nitrogen functional groups attached to an aromatic ring is 1. The molecule has 20 heavy (non-hydrogen) atoms. The number of aryl methyl sites for hydroxylation is 2. The van der Waals surface area contributed by atoms with E-state index < -0.39 is 0 Å². The summed E-state index contributed by atoms with van der Waals surface area (Å²) in [7, 11) is 0. The summed E-state index contributed by atoms with van der Waals surface area (Å²) in [5.41, 5.74) is 9.50. The number of amides is 2. The summed E-state index contributed by atoms with van der Waals surface area (Å²) in [5.74, 6) is 0. The van der Waals surface area contributed by atoms with E-state index in [4.69, 9.17) is 17.3 Å². The summed E-state index contributed by atoms with van der Waals surface area (Å²) in [6, 6.07) is 10.6. The predicted molar refractivity (Wildman–Crippen MR) is 84.4 cm³/mol. The fourth-order valence-corrected chi connectivity index (χ4v) is 2.01. The Bertz CT molecular complexity index is 656. The molecule has 0 aliphatic carbocycles. The normalized spacial score (nSPS) is 10.2. The first-order valence-electron chi connectivity index (χ1n) is 6.16. The highest BCUT2D eigenvalue weighted by Crippen LogP contribution is 2.26. The van der Waals surface area contributed by atoms with Crippen molar-refractivity contribution in [1.29, 1.82) is 0 Å². The number of hydrogen-bond acceptors (Lipinski definition) is 2. The predicted octanol–water partition coefficient (Wildman–Crippen LogP) is 4.18. The van der Waals surface area contributed by atoms with E-state index >= 15 is 0 Å². The molecule has 0 atom stereocenters. The first kappa shape index (κ1) is 14.2. The molecule has 104 valence electrons. The van der Waals surface area contributed by atoms with Crippen LogP contribution in [-0.4, -0.2) is 6.03 Å². The van der Waals surface area contributed by atoms with Crippen molar-refractivity contribution in [3.63, 3.8) is 0 Å². The van der Waals surface area contributed by atoms with Crippen molar-refractivity contribution in [2.24, 2.45) is 0 Å². The van der Waals surface area contributed by atoms with Crippen LogP contribution in [0.15, 0.2) is 36.4 Å².